The largest absolute Gasteiger partial charge is 0.394 e. The first-order chi connectivity index (χ1) is 13.0. The van der Waals surface area contributed by atoms with E-state index in [4.69, 9.17) is 0 Å². The first kappa shape index (κ1) is 18.0. The molecule has 3 heterocycles. The summed E-state index contributed by atoms with van der Waals surface area (Å²) in [5, 5.41) is 17.8. The molecule has 2 aliphatic rings. The average molecular weight is 368 g/mol. The number of aliphatic hydroxyl groups excluding tert-OH is 1. The van der Waals surface area contributed by atoms with E-state index >= 15 is 0 Å². The Kier molecular flexibility index (Phi) is 4.68. The molecule has 0 bridgehead atoms. The second-order valence-corrected chi connectivity index (χ2v) is 8.27. The molecule has 1 aromatic carbocycles. The molecular formula is C21H28N4O2. The van der Waals surface area contributed by atoms with E-state index in [1.165, 1.54) is 5.56 Å². The number of carbonyl (C=O) groups is 1. The molecule has 2 aromatic rings. The highest BCUT2D eigenvalue weighted by Gasteiger charge is 2.38. The molecule has 1 saturated heterocycles. The van der Waals surface area contributed by atoms with E-state index in [1.54, 1.807) is 6.20 Å². The number of aliphatic hydroxyl groups is 1. The Labute approximate surface area is 160 Å². The lowest BCUT2D eigenvalue weighted by Crippen LogP contribution is -2.46. The maximum atomic E-state index is 13.3. The minimum Gasteiger partial charge on any atom is -0.394 e. The molecule has 0 radical (unpaired) electrons. The molecule has 0 spiro atoms. The third kappa shape index (κ3) is 3.23. The highest BCUT2D eigenvalue weighted by atomic mass is 16.3. The number of benzene rings is 1. The SMILES string of the molecule is CC1(C)CC(c2ccccc2)Nc2c(C(=O)N3CCCCC3CO)cnn21. The number of hydrogen-bond donors (Lipinski definition) is 2. The summed E-state index contributed by atoms with van der Waals surface area (Å²) in [6.45, 7) is 5.03. The summed E-state index contributed by atoms with van der Waals surface area (Å²) in [6, 6.07) is 10.4. The van der Waals surface area contributed by atoms with Crippen molar-refractivity contribution in [1.29, 1.82) is 0 Å². The second-order valence-electron chi connectivity index (χ2n) is 8.27. The quantitative estimate of drug-likeness (QED) is 0.873. The maximum absolute atomic E-state index is 13.3. The van der Waals surface area contributed by atoms with E-state index in [0.29, 0.717) is 12.1 Å². The van der Waals surface area contributed by atoms with Crippen LogP contribution in [0.1, 0.15) is 61.5 Å². The van der Waals surface area contributed by atoms with Gasteiger partial charge in [0.1, 0.15) is 11.4 Å². The van der Waals surface area contributed by atoms with Crippen molar-refractivity contribution < 1.29 is 9.90 Å². The third-order valence-electron chi connectivity index (χ3n) is 5.89. The summed E-state index contributed by atoms with van der Waals surface area (Å²) in [6.07, 6.45) is 5.47. The average Bonchev–Trinajstić information content (AvgIpc) is 3.12. The molecule has 2 aliphatic heterocycles. The number of likely N-dealkylation sites (tertiary alicyclic amines) is 1. The van der Waals surface area contributed by atoms with E-state index in [0.717, 1.165) is 31.5 Å². The number of carbonyl (C=O) groups excluding carboxylic acids is 1. The van der Waals surface area contributed by atoms with Crippen LogP contribution in [0.3, 0.4) is 0 Å². The number of amides is 1. The van der Waals surface area contributed by atoms with Crippen LogP contribution in [0.2, 0.25) is 0 Å². The zero-order valence-electron chi connectivity index (χ0n) is 16.1. The number of fused-ring (bicyclic) bond motifs is 1. The molecule has 1 amide bonds. The number of nitrogens with one attached hydrogen (secondary N) is 1. The highest BCUT2D eigenvalue weighted by Crippen LogP contribution is 2.40. The number of piperidine rings is 1. The van der Waals surface area contributed by atoms with E-state index in [-0.39, 0.29) is 30.1 Å². The van der Waals surface area contributed by atoms with Crippen molar-refractivity contribution in [1.82, 2.24) is 14.7 Å². The first-order valence-electron chi connectivity index (χ1n) is 9.83. The normalized spacial score (nSPS) is 24.2. The van der Waals surface area contributed by atoms with Gasteiger partial charge in [-0.2, -0.15) is 5.10 Å². The molecule has 1 fully saturated rings. The molecule has 6 nitrogen and oxygen atoms in total. The van der Waals surface area contributed by atoms with Crippen molar-refractivity contribution >= 4 is 11.7 Å². The zero-order valence-corrected chi connectivity index (χ0v) is 16.1. The standard InChI is InChI=1S/C21H28N4O2/c1-21(2)12-18(15-8-4-3-5-9-15)23-19-17(13-22-25(19)21)20(27)24-11-7-6-10-16(24)14-26/h3-5,8-9,13,16,18,23,26H,6-7,10-12,14H2,1-2H3. The van der Waals surface area contributed by atoms with E-state index in [1.807, 2.05) is 27.8 Å². The van der Waals surface area contributed by atoms with Gasteiger partial charge in [-0.25, -0.2) is 4.68 Å². The summed E-state index contributed by atoms with van der Waals surface area (Å²) in [5.74, 6) is 0.749. The van der Waals surface area contributed by atoms with Gasteiger partial charge in [-0.05, 0) is 45.1 Å². The van der Waals surface area contributed by atoms with Crippen LogP contribution in [0, 0.1) is 0 Å². The number of nitrogens with zero attached hydrogens (tertiary/aromatic N) is 3. The van der Waals surface area contributed by atoms with Crippen molar-refractivity contribution in [2.45, 2.75) is 57.2 Å². The van der Waals surface area contributed by atoms with E-state index < -0.39 is 0 Å². The molecule has 4 rings (SSSR count). The molecular weight excluding hydrogens is 340 g/mol. The number of anilines is 1. The molecule has 6 heteroatoms. The van der Waals surface area contributed by atoms with Gasteiger partial charge >= 0.3 is 0 Å². The lowest BCUT2D eigenvalue weighted by molar-refractivity contribution is 0.0503. The summed E-state index contributed by atoms with van der Waals surface area (Å²) in [7, 11) is 0. The minimum atomic E-state index is -0.197. The van der Waals surface area contributed by atoms with Crippen molar-refractivity contribution in [3.05, 3.63) is 47.7 Å². The summed E-state index contributed by atoms with van der Waals surface area (Å²) >= 11 is 0. The molecule has 2 unspecified atom stereocenters. The summed E-state index contributed by atoms with van der Waals surface area (Å²) in [4.78, 5) is 15.1. The van der Waals surface area contributed by atoms with Crippen LogP contribution < -0.4 is 5.32 Å². The predicted octanol–water partition coefficient (Wildman–Crippen LogP) is 3.16. The van der Waals surface area contributed by atoms with Gasteiger partial charge in [0.05, 0.1) is 30.4 Å². The molecule has 2 N–H and O–H groups in total. The van der Waals surface area contributed by atoms with Crippen molar-refractivity contribution in [3.63, 3.8) is 0 Å². The Hall–Kier alpha value is -2.34. The van der Waals surface area contributed by atoms with Crippen LogP contribution in [0.4, 0.5) is 5.82 Å². The highest BCUT2D eigenvalue weighted by molar-refractivity contribution is 5.99. The smallest absolute Gasteiger partial charge is 0.259 e. The van der Waals surface area contributed by atoms with Gasteiger partial charge in [-0.3, -0.25) is 4.79 Å². The monoisotopic (exact) mass is 368 g/mol. The molecule has 0 saturated carbocycles. The number of hydrogen-bond acceptors (Lipinski definition) is 4. The van der Waals surface area contributed by atoms with Crippen LogP contribution in [0.15, 0.2) is 36.5 Å². The first-order valence-corrected chi connectivity index (χ1v) is 9.83. The van der Waals surface area contributed by atoms with Crippen LogP contribution in [-0.2, 0) is 5.54 Å². The van der Waals surface area contributed by atoms with Crippen LogP contribution in [0.5, 0.6) is 0 Å². The van der Waals surface area contributed by atoms with Gasteiger partial charge in [-0.15, -0.1) is 0 Å². The fourth-order valence-electron chi connectivity index (χ4n) is 4.40. The summed E-state index contributed by atoms with van der Waals surface area (Å²) < 4.78 is 1.94. The maximum Gasteiger partial charge on any atom is 0.259 e. The molecule has 2 atom stereocenters. The van der Waals surface area contributed by atoms with Crippen LogP contribution >= 0.6 is 0 Å². The van der Waals surface area contributed by atoms with Crippen LogP contribution in [0.25, 0.3) is 0 Å². The lowest BCUT2D eigenvalue weighted by Gasteiger charge is -2.39. The fraction of sp³-hybridized carbons (Fsp3) is 0.524. The molecule has 144 valence electrons. The summed E-state index contributed by atoms with van der Waals surface area (Å²) in [5.41, 5.74) is 1.62. The topological polar surface area (TPSA) is 70.4 Å². The number of aromatic nitrogens is 2. The number of rotatable bonds is 3. The zero-order chi connectivity index (χ0) is 19.0. The van der Waals surface area contributed by atoms with E-state index in [2.05, 4.69) is 36.4 Å². The lowest BCUT2D eigenvalue weighted by atomic mass is 9.89. The van der Waals surface area contributed by atoms with E-state index in [9.17, 15) is 9.90 Å². The van der Waals surface area contributed by atoms with Gasteiger partial charge in [0, 0.05) is 6.54 Å². The minimum absolute atomic E-state index is 0.0147. The third-order valence-corrected chi connectivity index (χ3v) is 5.89. The molecule has 0 aliphatic carbocycles. The predicted molar refractivity (Wildman–Crippen MR) is 105 cm³/mol. The fourth-order valence-corrected chi connectivity index (χ4v) is 4.40. The van der Waals surface area contributed by atoms with Crippen molar-refractivity contribution in [2.75, 3.05) is 18.5 Å². The second kappa shape index (κ2) is 7.00. The Balaban J connectivity index is 1.68. The van der Waals surface area contributed by atoms with Gasteiger partial charge in [0.25, 0.3) is 5.91 Å². The van der Waals surface area contributed by atoms with Gasteiger partial charge in [0.15, 0.2) is 0 Å². The Bertz CT molecular complexity index is 815. The van der Waals surface area contributed by atoms with Crippen molar-refractivity contribution in [2.24, 2.45) is 0 Å². The molecule has 27 heavy (non-hydrogen) atoms. The Morgan fingerprint density at radius 1 is 1.30 bits per heavy atom. The van der Waals surface area contributed by atoms with Gasteiger partial charge in [0.2, 0.25) is 0 Å². The van der Waals surface area contributed by atoms with Gasteiger partial charge in [-0.1, -0.05) is 30.3 Å². The Morgan fingerprint density at radius 3 is 2.81 bits per heavy atom. The molecule has 1 aromatic heterocycles. The van der Waals surface area contributed by atoms with Crippen LogP contribution in [-0.4, -0.2) is 44.9 Å². The Morgan fingerprint density at radius 2 is 2.07 bits per heavy atom. The van der Waals surface area contributed by atoms with Crippen molar-refractivity contribution in [3.8, 4) is 0 Å². The van der Waals surface area contributed by atoms with Gasteiger partial charge < -0.3 is 15.3 Å².